The van der Waals surface area contributed by atoms with E-state index in [1.807, 2.05) is 42.5 Å². The zero-order valence-corrected chi connectivity index (χ0v) is 46.0. The fraction of sp³-hybridized carbons (Fsp3) is 0.239. The summed E-state index contributed by atoms with van der Waals surface area (Å²) in [7, 11) is 0. The average Bonchev–Trinajstić information content (AvgIpc) is 3.60. The van der Waals surface area contributed by atoms with Gasteiger partial charge >= 0.3 is 17.9 Å². The molecule has 8 aromatic carbocycles. The van der Waals surface area contributed by atoms with Crippen molar-refractivity contribution in [3.63, 3.8) is 0 Å². The zero-order valence-electron chi connectivity index (χ0n) is 46.0. The Kier molecular flexibility index (Phi) is 15.3. The highest BCUT2D eigenvalue weighted by molar-refractivity contribution is 5.93. The van der Waals surface area contributed by atoms with Crippen molar-refractivity contribution in [2.75, 3.05) is 0 Å². The van der Waals surface area contributed by atoms with Crippen LogP contribution in [0.25, 0.3) is 0 Å². The van der Waals surface area contributed by atoms with Crippen LogP contribution in [0, 0.1) is 10.1 Å². The largest absolute Gasteiger partial charge is 0.507 e. The van der Waals surface area contributed by atoms with E-state index in [4.69, 9.17) is 14.2 Å². The lowest BCUT2D eigenvalue weighted by atomic mass is 9.80. The van der Waals surface area contributed by atoms with Gasteiger partial charge in [-0.2, -0.15) is 10.2 Å². The first kappa shape index (κ1) is 54.7. The second-order valence-electron chi connectivity index (χ2n) is 23.2. The number of nitrogens with zero attached hydrogens (tertiary/aromatic N) is 3. The summed E-state index contributed by atoms with van der Waals surface area (Å²) in [4.78, 5) is 54.5. The lowest BCUT2D eigenvalue weighted by Crippen LogP contribution is -2.19. The number of rotatable bonds is 9. The molecule has 0 amide bonds. The molecule has 0 fully saturated rings. The number of aromatic hydroxyl groups is 1. The molecule has 0 aromatic heterocycles. The third-order valence-corrected chi connectivity index (χ3v) is 14.1. The van der Waals surface area contributed by atoms with Crippen molar-refractivity contribution >= 4 is 35.0 Å². The Morgan fingerprint density at radius 2 is 0.696 bits per heavy atom. The third kappa shape index (κ3) is 12.7. The monoisotopic (exact) mass is 1050 g/mol. The van der Waals surface area contributed by atoms with E-state index in [9.17, 15) is 29.6 Å². The Morgan fingerprint density at radius 1 is 0.418 bits per heavy atom. The Bertz CT molecular complexity index is 3490. The van der Waals surface area contributed by atoms with E-state index in [1.54, 1.807) is 84.9 Å². The minimum absolute atomic E-state index is 0.0281. The van der Waals surface area contributed by atoms with Crippen LogP contribution in [0.1, 0.15) is 155 Å². The molecule has 9 rings (SSSR count). The highest BCUT2D eigenvalue weighted by atomic mass is 16.6. The van der Waals surface area contributed by atoms with Crippen LogP contribution in [0.15, 0.2) is 174 Å². The van der Waals surface area contributed by atoms with Crippen LogP contribution < -0.4 is 14.2 Å². The molecule has 0 radical (unpaired) electrons. The van der Waals surface area contributed by atoms with Crippen molar-refractivity contribution in [3.8, 4) is 23.0 Å². The lowest BCUT2D eigenvalue weighted by molar-refractivity contribution is -0.384. The quantitative estimate of drug-likeness (QED) is 0.0486. The number of phenols is 1. The second kappa shape index (κ2) is 22.1. The number of esters is 3. The van der Waals surface area contributed by atoms with E-state index in [0.29, 0.717) is 78.3 Å². The topological polar surface area (TPSA) is 167 Å². The molecule has 0 unspecified atom stereocenters. The fourth-order valence-electron chi connectivity index (χ4n) is 9.57. The van der Waals surface area contributed by atoms with Gasteiger partial charge in [-0.3, -0.25) is 10.1 Å². The minimum Gasteiger partial charge on any atom is -0.507 e. The van der Waals surface area contributed by atoms with E-state index >= 15 is 0 Å². The third-order valence-electron chi connectivity index (χ3n) is 14.1. The molecule has 400 valence electrons. The number of phenolic OH excluding ortho intramolecular Hbond substituents is 1. The van der Waals surface area contributed by atoms with Gasteiger partial charge in [0, 0.05) is 82.3 Å². The van der Waals surface area contributed by atoms with Crippen LogP contribution in [0.2, 0.25) is 0 Å². The highest BCUT2D eigenvalue weighted by Gasteiger charge is 2.30. The molecule has 0 saturated carbocycles. The van der Waals surface area contributed by atoms with Gasteiger partial charge < -0.3 is 19.3 Å². The van der Waals surface area contributed by atoms with E-state index in [0.717, 1.165) is 16.7 Å². The maximum Gasteiger partial charge on any atom is 0.343 e. The maximum absolute atomic E-state index is 14.6. The molecule has 0 heterocycles. The van der Waals surface area contributed by atoms with Gasteiger partial charge in [-0.25, -0.2) is 14.4 Å². The first-order valence-corrected chi connectivity index (χ1v) is 26.3. The fourth-order valence-corrected chi connectivity index (χ4v) is 9.57. The predicted molar refractivity (Wildman–Crippen MR) is 306 cm³/mol. The summed E-state index contributed by atoms with van der Waals surface area (Å²) in [6, 6.07) is 47.6. The SMILES string of the molecule is CC(C)(C)c1cc2c(OC(=O)c3ccccc3)c(c1)Cc1cc(C(C)(C)C)cc(c1OC(=O)c1ccccc1)Cc1cc(C(C)(C)C)cc(c1OC(=O)c1ccccc1)Cc1cc(N=Nc3ccc([N+](=O)[O-])cc3)cc(c1O)C2. The predicted octanol–water partition coefficient (Wildman–Crippen LogP) is 15.9. The molecule has 8 aromatic rings. The van der Waals surface area contributed by atoms with Crippen molar-refractivity contribution in [1.29, 1.82) is 0 Å². The number of non-ortho nitro benzene ring substituents is 1. The summed E-state index contributed by atoms with van der Waals surface area (Å²) in [6.45, 7) is 18.9. The van der Waals surface area contributed by atoms with Crippen LogP contribution in [-0.2, 0) is 41.9 Å². The van der Waals surface area contributed by atoms with Crippen molar-refractivity contribution in [2.45, 2.75) is 104 Å². The summed E-state index contributed by atoms with van der Waals surface area (Å²) in [6.07, 6.45) is 0.291. The number of ether oxygens (including phenoxy) is 3. The molecule has 1 N–H and O–H groups in total. The number of benzene rings is 8. The molecule has 1 aliphatic carbocycles. The summed E-state index contributed by atoms with van der Waals surface area (Å²) >= 11 is 0. The molecule has 0 saturated heterocycles. The van der Waals surface area contributed by atoms with Gasteiger partial charge in [-0.1, -0.05) is 153 Å². The molecule has 8 bridgehead atoms. The van der Waals surface area contributed by atoms with Crippen molar-refractivity contribution in [1.82, 2.24) is 0 Å². The summed E-state index contributed by atoms with van der Waals surface area (Å²) in [5, 5.41) is 33.4. The Balaban J connectivity index is 1.38. The molecule has 12 nitrogen and oxygen atoms in total. The smallest absolute Gasteiger partial charge is 0.343 e. The van der Waals surface area contributed by atoms with Gasteiger partial charge in [0.1, 0.15) is 23.0 Å². The number of nitro groups is 1. The zero-order chi connectivity index (χ0) is 56.4. The molecule has 1 aliphatic rings. The highest BCUT2D eigenvalue weighted by Crippen LogP contribution is 2.45. The normalized spacial score (nSPS) is 12.7. The molecule has 0 aliphatic heterocycles. The Hall–Kier alpha value is -9.03. The molecule has 79 heavy (non-hydrogen) atoms. The number of carbonyl (C=O) groups is 3. The summed E-state index contributed by atoms with van der Waals surface area (Å²) < 4.78 is 19.9. The molecule has 0 spiro atoms. The standard InChI is InChI=1S/C67H63N3O9/c1-65(2,3)52-33-46-29-44-39-56(69-68-55-25-27-57(28-26-55)70(75)76)40-45(58(44)71)30-47-34-53(66(4,5)6)36-49(60(47)78-63(73)42-21-15-11-16-22-42)32-51-38-54(67(7,8)9)37-50(61(51)79-64(74)43-23-17-12-18-24-43)31-48(35-52)59(46)77-62(72)41-19-13-10-14-20-41/h10-28,33-40,71H,29-32H2,1-9H3. The molecular weight excluding hydrogens is 991 g/mol. The maximum atomic E-state index is 14.6. The number of carbonyl (C=O) groups excluding carboxylic acids is 3. The van der Waals surface area contributed by atoms with Crippen LogP contribution >= 0.6 is 0 Å². The van der Waals surface area contributed by atoms with E-state index in [2.05, 4.69) is 84.7 Å². The first-order chi connectivity index (χ1) is 37.5. The molecule has 12 heteroatoms. The molecular formula is C67H63N3O9. The van der Waals surface area contributed by atoms with Gasteiger partial charge in [0.05, 0.1) is 33.0 Å². The van der Waals surface area contributed by atoms with Crippen molar-refractivity contribution < 1.29 is 38.6 Å². The number of nitro benzene ring substituents is 1. The average molecular weight is 1050 g/mol. The number of hydrogen-bond acceptors (Lipinski definition) is 11. The first-order valence-electron chi connectivity index (χ1n) is 26.3. The molecule has 0 atom stereocenters. The second-order valence-corrected chi connectivity index (χ2v) is 23.2. The van der Waals surface area contributed by atoms with Crippen LogP contribution in [-0.4, -0.2) is 27.9 Å². The van der Waals surface area contributed by atoms with E-state index in [1.165, 1.54) is 24.3 Å². The lowest BCUT2D eigenvalue weighted by Gasteiger charge is -2.28. The van der Waals surface area contributed by atoms with Gasteiger partial charge in [0.2, 0.25) is 0 Å². The number of azo groups is 1. The van der Waals surface area contributed by atoms with Crippen LogP contribution in [0.5, 0.6) is 23.0 Å². The van der Waals surface area contributed by atoms with Gasteiger partial charge in [0.25, 0.3) is 5.69 Å². The van der Waals surface area contributed by atoms with Gasteiger partial charge in [0.15, 0.2) is 0 Å². The van der Waals surface area contributed by atoms with E-state index in [-0.39, 0.29) is 48.6 Å². The summed E-state index contributed by atoms with van der Waals surface area (Å²) in [5.41, 5.74) is 7.58. The minimum atomic E-state index is -0.595. The van der Waals surface area contributed by atoms with Crippen molar-refractivity contribution in [2.24, 2.45) is 10.2 Å². The Labute approximate surface area is 460 Å². The van der Waals surface area contributed by atoms with Crippen LogP contribution in [0.3, 0.4) is 0 Å². The van der Waals surface area contributed by atoms with Crippen LogP contribution in [0.4, 0.5) is 17.1 Å². The summed E-state index contributed by atoms with van der Waals surface area (Å²) in [5.74, 6) is -0.980. The Morgan fingerprint density at radius 3 is 0.975 bits per heavy atom. The van der Waals surface area contributed by atoms with Crippen molar-refractivity contribution in [3.05, 3.63) is 252 Å². The van der Waals surface area contributed by atoms with Gasteiger partial charge in [-0.05, 0) is 93.6 Å². The van der Waals surface area contributed by atoms with E-state index < -0.39 is 39.1 Å². The number of hydrogen-bond donors (Lipinski definition) is 1. The number of fused-ring (bicyclic) bond motifs is 8. The van der Waals surface area contributed by atoms with Gasteiger partial charge in [-0.15, -0.1) is 0 Å².